The molecule has 1 amide bonds. The molecule has 45 heavy (non-hydrogen) atoms. The van der Waals surface area contributed by atoms with E-state index in [-0.39, 0.29) is 63.7 Å². The molecule has 3 atom stereocenters. The van der Waals surface area contributed by atoms with Crippen LogP contribution in [0.2, 0.25) is 5.02 Å². The molecule has 0 fully saturated rings. The number of rotatable bonds is 10. The second-order valence-corrected chi connectivity index (χ2v) is 12.3. The first kappa shape index (κ1) is 32.2. The third kappa shape index (κ3) is 5.84. The lowest BCUT2D eigenvalue weighted by molar-refractivity contribution is -0.121. The van der Waals surface area contributed by atoms with Crippen LogP contribution in [0.15, 0.2) is 70.8 Å². The van der Waals surface area contributed by atoms with Crippen LogP contribution >= 0.6 is 23.4 Å². The number of halogens is 1. The summed E-state index contributed by atoms with van der Waals surface area (Å²) in [5.41, 5.74) is -0.411. The Bertz CT molecular complexity index is 1670. The summed E-state index contributed by atoms with van der Waals surface area (Å²) in [5.74, 6) is -2.98. The molecular formula is C34H34ClNO8S. The number of carbonyl (C=O) groups is 3. The molecule has 9 nitrogen and oxygen atoms in total. The summed E-state index contributed by atoms with van der Waals surface area (Å²) in [6.07, 6.45) is 2.19. The van der Waals surface area contributed by atoms with Crippen molar-refractivity contribution in [2.24, 2.45) is 5.92 Å². The zero-order valence-corrected chi connectivity index (χ0v) is 26.9. The predicted molar refractivity (Wildman–Crippen MR) is 171 cm³/mol. The maximum atomic E-state index is 14.2. The molecule has 11 heteroatoms. The van der Waals surface area contributed by atoms with Gasteiger partial charge in [0.1, 0.15) is 27.8 Å². The predicted octanol–water partition coefficient (Wildman–Crippen LogP) is 6.05. The molecule has 0 saturated carbocycles. The standard InChI is InChI=1S/C34H34ClNO8S/c1-18-15-24(38)28(32(40)34(18)33(41)29-25(42-2)17-26(43-3)30(35)31(29)44-34)23(20-7-11-22(45-4)12-8-20)16-27(39)36-14-13-19-5-9-21(37)10-6-19/h5-12,17-18,23,37,40H,13-16H2,1-4H3,(H,36,39). The van der Waals surface area contributed by atoms with Crippen LogP contribution in [0.1, 0.15) is 47.2 Å². The van der Waals surface area contributed by atoms with Crippen LogP contribution in [-0.4, -0.2) is 60.3 Å². The molecule has 1 spiro atoms. The zero-order chi connectivity index (χ0) is 32.5. The number of allylic oxidation sites excluding steroid dienone is 1. The number of hydrogen-bond donors (Lipinski definition) is 3. The maximum Gasteiger partial charge on any atom is 0.231 e. The number of aromatic hydroxyl groups is 1. The Hall–Kier alpha value is -4.15. The summed E-state index contributed by atoms with van der Waals surface area (Å²) < 4.78 is 17.1. The van der Waals surface area contributed by atoms with E-state index in [1.54, 1.807) is 43.0 Å². The van der Waals surface area contributed by atoms with Crippen LogP contribution in [0.3, 0.4) is 0 Å². The highest BCUT2D eigenvalue weighted by atomic mass is 35.5. The highest BCUT2D eigenvalue weighted by molar-refractivity contribution is 7.98. The summed E-state index contributed by atoms with van der Waals surface area (Å²) in [4.78, 5) is 42.3. The van der Waals surface area contributed by atoms with Crippen molar-refractivity contribution in [2.45, 2.75) is 42.6 Å². The Labute approximate surface area is 270 Å². The van der Waals surface area contributed by atoms with E-state index in [0.29, 0.717) is 18.5 Å². The number of carbonyl (C=O) groups excluding carboxylic acids is 3. The van der Waals surface area contributed by atoms with Crippen molar-refractivity contribution in [1.82, 2.24) is 5.32 Å². The van der Waals surface area contributed by atoms with E-state index in [0.717, 1.165) is 10.5 Å². The molecule has 0 saturated heterocycles. The van der Waals surface area contributed by atoms with E-state index < -0.39 is 29.0 Å². The lowest BCUT2D eigenvalue weighted by Gasteiger charge is -2.38. The van der Waals surface area contributed by atoms with E-state index in [4.69, 9.17) is 25.8 Å². The number of phenolic OH excluding ortho intramolecular Hbond substituents is 1. The largest absolute Gasteiger partial charge is 0.508 e. The Morgan fingerprint density at radius 1 is 1.09 bits per heavy atom. The first-order valence-electron chi connectivity index (χ1n) is 14.4. The SMILES string of the molecule is COc1cc(OC)c2c(c1Cl)OC1(C2=O)C(O)=C(C(CC(=O)NCCc2ccc(O)cc2)c2ccc(SC)cc2)C(=O)CC1C. The second-order valence-electron chi connectivity index (χ2n) is 11.1. The topological polar surface area (TPSA) is 131 Å². The fourth-order valence-corrected chi connectivity index (χ4v) is 6.70. The van der Waals surface area contributed by atoms with E-state index in [9.17, 15) is 24.6 Å². The molecule has 3 aromatic carbocycles. The smallest absolute Gasteiger partial charge is 0.231 e. The molecule has 0 radical (unpaired) electrons. The second kappa shape index (κ2) is 13.1. The number of aliphatic hydroxyl groups is 1. The third-order valence-corrected chi connectivity index (χ3v) is 9.54. The quantitative estimate of drug-likeness (QED) is 0.224. The van der Waals surface area contributed by atoms with Crippen LogP contribution in [-0.2, 0) is 16.0 Å². The number of aliphatic hydroxyl groups excluding tert-OH is 1. The molecule has 1 aliphatic heterocycles. The van der Waals surface area contributed by atoms with Gasteiger partial charge in [0.05, 0.1) is 14.2 Å². The number of Topliss-reactive ketones (excluding diaryl/α,β-unsaturated/α-hetero) is 2. The van der Waals surface area contributed by atoms with Crippen LogP contribution < -0.4 is 19.5 Å². The summed E-state index contributed by atoms with van der Waals surface area (Å²) in [5, 5.41) is 24.5. The average molecular weight is 652 g/mol. The van der Waals surface area contributed by atoms with Crippen molar-refractivity contribution >= 4 is 40.8 Å². The van der Waals surface area contributed by atoms with Crippen molar-refractivity contribution in [3.63, 3.8) is 0 Å². The van der Waals surface area contributed by atoms with Crippen molar-refractivity contribution in [3.8, 4) is 23.0 Å². The fourth-order valence-electron chi connectivity index (χ4n) is 6.03. The fraction of sp³-hybridized carbons (Fsp3) is 0.324. The van der Waals surface area contributed by atoms with E-state index in [2.05, 4.69) is 5.32 Å². The summed E-state index contributed by atoms with van der Waals surface area (Å²) in [6.45, 7) is 1.98. The number of amides is 1. The molecule has 1 aliphatic carbocycles. The summed E-state index contributed by atoms with van der Waals surface area (Å²) in [7, 11) is 2.81. The number of ether oxygens (including phenoxy) is 3. The van der Waals surface area contributed by atoms with E-state index in [1.165, 1.54) is 20.3 Å². The molecule has 5 rings (SSSR count). The molecule has 3 aromatic rings. The van der Waals surface area contributed by atoms with Gasteiger partial charge in [-0.2, -0.15) is 0 Å². The molecule has 2 aliphatic rings. The number of phenols is 1. The number of benzene rings is 3. The summed E-state index contributed by atoms with van der Waals surface area (Å²) >= 11 is 8.12. The number of hydrogen-bond acceptors (Lipinski definition) is 9. The first-order chi connectivity index (χ1) is 21.5. The highest BCUT2D eigenvalue weighted by Gasteiger charge is 2.61. The van der Waals surface area contributed by atoms with Crippen molar-refractivity contribution in [1.29, 1.82) is 0 Å². The summed E-state index contributed by atoms with van der Waals surface area (Å²) in [6, 6.07) is 15.6. The van der Waals surface area contributed by atoms with Crippen molar-refractivity contribution in [2.75, 3.05) is 27.0 Å². The van der Waals surface area contributed by atoms with E-state index in [1.807, 2.05) is 30.5 Å². The van der Waals surface area contributed by atoms with Gasteiger partial charge >= 0.3 is 0 Å². The van der Waals surface area contributed by atoms with Gasteiger partial charge in [0.25, 0.3) is 0 Å². The van der Waals surface area contributed by atoms with Gasteiger partial charge in [-0.1, -0.05) is 42.8 Å². The molecule has 3 unspecified atom stereocenters. The number of methoxy groups -OCH3 is 2. The van der Waals surface area contributed by atoms with Gasteiger partial charge in [-0.15, -0.1) is 11.8 Å². The molecule has 3 N–H and O–H groups in total. The van der Waals surface area contributed by atoms with Gasteiger partial charge in [-0.05, 0) is 48.1 Å². The van der Waals surface area contributed by atoms with Gasteiger partial charge in [0, 0.05) is 47.8 Å². The van der Waals surface area contributed by atoms with Crippen LogP contribution in [0.5, 0.6) is 23.0 Å². The Morgan fingerprint density at radius 2 is 1.76 bits per heavy atom. The number of ketones is 2. The van der Waals surface area contributed by atoms with Crippen LogP contribution in [0.25, 0.3) is 0 Å². The first-order valence-corrected chi connectivity index (χ1v) is 16.0. The molecule has 236 valence electrons. The highest BCUT2D eigenvalue weighted by Crippen LogP contribution is 2.55. The minimum Gasteiger partial charge on any atom is -0.508 e. The average Bonchev–Trinajstić information content (AvgIpc) is 3.35. The molecule has 0 aromatic heterocycles. The minimum atomic E-state index is -1.96. The van der Waals surface area contributed by atoms with Crippen LogP contribution in [0.4, 0.5) is 0 Å². The van der Waals surface area contributed by atoms with Crippen LogP contribution in [0, 0.1) is 5.92 Å². The minimum absolute atomic E-state index is 0.00203. The van der Waals surface area contributed by atoms with Crippen molar-refractivity contribution in [3.05, 3.63) is 87.6 Å². The lowest BCUT2D eigenvalue weighted by Crippen LogP contribution is -2.53. The number of thioether (sulfide) groups is 1. The Kier molecular flexibility index (Phi) is 9.36. The third-order valence-electron chi connectivity index (χ3n) is 8.44. The number of fused-ring (bicyclic) bond motifs is 1. The zero-order valence-electron chi connectivity index (χ0n) is 25.3. The molecule has 0 bridgehead atoms. The Morgan fingerprint density at radius 3 is 2.38 bits per heavy atom. The van der Waals surface area contributed by atoms with Gasteiger partial charge in [0.15, 0.2) is 17.3 Å². The monoisotopic (exact) mass is 651 g/mol. The maximum absolute atomic E-state index is 14.2. The van der Waals surface area contributed by atoms with Gasteiger partial charge in [-0.25, -0.2) is 0 Å². The van der Waals surface area contributed by atoms with E-state index >= 15 is 0 Å². The van der Waals surface area contributed by atoms with Gasteiger partial charge < -0.3 is 29.7 Å². The van der Waals surface area contributed by atoms with Crippen molar-refractivity contribution < 1.29 is 38.8 Å². The molecule has 1 heterocycles. The lowest BCUT2D eigenvalue weighted by atomic mass is 9.69. The molecular weight excluding hydrogens is 618 g/mol. The normalized spacial score (nSPS) is 19.7. The van der Waals surface area contributed by atoms with Gasteiger partial charge in [-0.3, -0.25) is 14.4 Å². The van der Waals surface area contributed by atoms with Gasteiger partial charge in [0.2, 0.25) is 17.3 Å². The number of nitrogens with one attached hydrogen (secondary N) is 1. The Balaban J connectivity index is 1.54.